The molecule has 8 nitrogen and oxygen atoms in total. The summed E-state index contributed by atoms with van der Waals surface area (Å²) in [7, 11) is 0. The maximum absolute atomic E-state index is 11.2. The van der Waals surface area contributed by atoms with Gasteiger partial charge in [0.25, 0.3) is 0 Å². The molecule has 0 radical (unpaired) electrons. The number of pyridine rings is 1. The molecule has 0 saturated carbocycles. The molecule has 8 heteroatoms. The van der Waals surface area contributed by atoms with E-state index in [-0.39, 0.29) is 24.5 Å². The molecule has 1 amide bonds. The Bertz CT molecular complexity index is 977. The largest absolute Gasteiger partial charge is 0.394 e. The number of carbonyl (C=O) groups excluding carboxylic acids is 1. The van der Waals surface area contributed by atoms with Crippen molar-refractivity contribution in [2.45, 2.75) is 26.8 Å². The lowest BCUT2D eigenvalue weighted by Crippen LogP contribution is -2.30. The third kappa shape index (κ3) is 5.74. The van der Waals surface area contributed by atoms with Crippen molar-refractivity contribution >= 4 is 29.0 Å². The van der Waals surface area contributed by atoms with Gasteiger partial charge in [0, 0.05) is 30.6 Å². The number of aliphatic hydroxyl groups is 1. The normalized spacial score (nSPS) is 11.8. The monoisotopic (exact) mass is 406 g/mol. The first-order valence-electron chi connectivity index (χ1n) is 9.77. The van der Waals surface area contributed by atoms with E-state index in [1.807, 2.05) is 62.4 Å². The van der Waals surface area contributed by atoms with Gasteiger partial charge in [0.1, 0.15) is 5.82 Å². The number of hydrogen-bond donors (Lipinski definition) is 4. The van der Waals surface area contributed by atoms with E-state index >= 15 is 0 Å². The van der Waals surface area contributed by atoms with Crippen LogP contribution in [0.25, 0.3) is 11.4 Å². The Hall–Kier alpha value is -3.52. The van der Waals surface area contributed by atoms with Crippen LogP contribution in [-0.2, 0) is 4.79 Å². The molecule has 0 saturated heterocycles. The third-order valence-electron chi connectivity index (χ3n) is 4.45. The highest BCUT2D eigenvalue weighted by Gasteiger charge is 2.15. The Balaban J connectivity index is 1.90. The van der Waals surface area contributed by atoms with Crippen LogP contribution in [0, 0.1) is 5.92 Å². The fourth-order valence-electron chi connectivity index (χ4n) is 2.80. The minimum atomic E-state index is -0.172. The zero-order valence-electron chi connectivity index (χ0n) is 17.3. The van der Waals surface area contributed by atoms with Crippen molar-refractivity contribution in [1.82, 2.24) is 15.0 Å². The highest BCUT2D eigenvalue weighted by molar-refractivity contribution is 5.88. The molecule has 156 valence electrons. The lowest BCUT2D eigenvalue weighted by molar-refractivity contribution is -0.114. The van der Waals surface area contributed by atoms with Crippen LogP contribution in [0.4, 0.5) is 23.1 Å². The number of carbonyl (C=O) groups is 1. The standard InChI is InChI=1S/C22H26N6O2/c1-14(2)20(13-29)27-22-26-19(18-6-4-5-11-23-18)12-21(28-22)25-17-9-7-16(8-10-17)24-15(3)30/h4-12,14,20,29H,13H2,1-3H3,(H,24,30)(H2,25,26,27,28)/t20-/m1/s1. The number of nitrogens with zero attached hydrogens (tertiary/aromatic N) is 3. The molecule has 30 heavy (non-hydrogen) atoms. The second kappa shape index (κ2) is 9.80. The zero-order chi connectivity index (χ0) is 21.5. The molecule has 2 heterocycles. The molecule has 0 fully saturated rings. The number of amides is 1. The van der Waals surface area contributed by atoms with Crippen molar-refractivity contribution in [2.24, 2.45) is 5.92 Å². The van der Waals surface area contributed by atoms with Crippen LogP contribution < -0.4 is 16.0 Å². The van der Waals surface area contributed by atoms with Crippen LogP contribution in [0.3, 0.4) is 0 Å². The first kappa shape index (κ1) is 21.2. The van der Waals surface area contributed by atoms with E-state index in [1.165, 1.54) is 6.92 Å². The van der Waals surface area contributed by atoms with E-state index < -0.39 is 0 Å². The van der Waals surface area contributed by atoms with Crippen molar-refractivity contribution in [3.63, 3.8) is 0 Å². The molecule has 0 aliphatic heterocycles. The molecule has 4 N–H and O–H groups in total. The Morgan fingerprint density at radius 1 is 1.03 bits per heavy atom. The SMILES string of the molecule is CC(=O)Nc1ccc(Nc2cc(-c3ccccn3)nc(N[C@H](CO)C(C)C)n2)cc1. The van der Waals surface area contributed by atoms with Crippen LogP contribution in [-0.4, -0.2) is 38.6 Å². The Labute approximate surface area is 175 Å². The van der Waals surface area contributed by atoms with E-state index in [9.17, 15) is 9.90 Å². The average Bonchev–Trinajstić information content (AvgIpc) is 2.73. The number of rotatable bonds is 8. The topological polar surface area (TPSA) is 112 Å². The summed E-state index contributed by atoms with van der Waals surface area (Å²) in [4.78, 5) is 24.7. The van der Waals surface area contributed by atoms with Crippen LogP contribution in [0.15, 0.2) is 54.7 Å². The molecule has 0 bridgehead atoms. The average molecular weight is 406 g/mol. The number of nitrogens with one attached hydrogen (secondary N) is 3. The van der Waals surface area contributed by atoms with Crippen LogP contribution in [0.1, 0.15) is 20.8 Å². The van der Waals surface area contributed by atoms with Gasteiger partial charge in [-0.15, -0.1) is 0 Å². The predicted octanol–water partition coefficient (Wildman–Crippen LogP) is 3.67. The Morgan fingerprint density at radius 3 is 2.37 bits per heavy atom. The first-order chi connectivity index (χ1) is 14.4. The highest BCUT2D eigenvalue weighted by atomic mass is 16.3. The summed E-state index contributed by atoms with van der Waals surface area (Å²) >= 11 is 0. The second-order valence-corrected chi connectivity index (χ2v) is 7.24. The fraction of sp³-hybridized carbons (Fsp3) is 0.273. The molecule has 1 aromatic carbocycles. The van der Waals surface area contributed by atoms with Gasteiger partial charge in [0.2, 0.25) is 11.9 Å². The molecule has 0 aliphatic carbocycles. The van der Waals surface area contributed by atoms with Gasteiger partial charge in [-0.05, 0) is 42.3 Å². The van der Waals surface area contributed by atoms with Gasteiger partial charge in [0.05, 0.1) is 24.0 Å². The van der Waals surface area contributed by atoms with Crippen LogP contribution in [0.5, 0.6) is 0 Å². The number of hydrogen-bond acceptors (Lipinski definition) is 7. The van der Waals surface area contributed by atoms with Crippen LogP contribution in [0.2, 0.25) is 0 Å². The summed E-state index contributed by atoms with van der Waals surface area (Å²) in [5.74, 6) is 1.07. The first-order valence-corrected chi connectivity index (χ1v) is 9.77. The summed E-state index contributed by atoms with van der Waals surface area (Å²) in [6.45, 7) is 5.48. The molecule has 0 unspecified atom stereocenters. The number of benzene rings is 1. The number of aromatic nitrogens is 3. The summed E-state index contributed by atoms with van der Waals surface area (Å²) in [5.41, 5.74) is 2.90. The maximum atomic E-state index is 11.2. The quantitative estimate of drug-likeness (QED) is 0.451. The molecule has 3 aromatic rings. The fourth-order valence-corrected chi connectivity index (χ4v) is 2.80. The van der Waals surface area contributed by atoms with E-state index in [0.29, 0.717) is 17.5 Å². The van der Waals surface area contributed by atoms with Gasteiger partial charge in [-0.25, -0.2) is 4.98 Å². The summed E-state index contributed by atoms with van der Waals surface area (Å²) in [6.07, 6.45) is 1.71. The molecule has 1 atom stereocenters. The van der Waals surface area contributed by atoms with Crippen molar-refractivity contribution in [1.29, 1.82) is 0 Å². The highest BCUT2D eigenvalue weighted by Crippen LogP contribution is 2.24. The number of aliphatic hydroxyl groups excluding tert-OH is 1. The number of anilines is 4. The van der Waals surface area contributed by atoms with Gasteiger partial charge in [0.15, 0.2) is 0 Å². The van der Waals surface area contributed by atoms with Crippen molar-refractivity contribution < 1.29 is 9.90 Å². The summed E-state index contributed by atoms with van der Waals surface area (Å²) in [6, 6.07) is 14.6. The minimum absolute atomic E-state index is 0.0256. The van der Waals surface area contributed by atoms with Gasteiger partial charge in [-0.3, -0.25) is 9.78 Å². The van der Waals surface area contributed by atoms with Gasteiger partial charge in [-0.1, -0.05) is 19.9 Å². The lowest BCUT2D eigenvalue weighted by atomic mass is 10.1. The van der Waals surface area contributed by atoms with E-state index in [4.69, 9.17) is 0 Å². The Kier molecular flexibility index (Phi) is 6.92. The van der Waals surface area contributed by atoms with E-state index in [0.717, 1.165) is 17.1 Å². The smallest absolute Gasteiger partial charge is 0.225 e. The Morgan fingerprint density at radius 2 is 1.77 bits per heavy atom. The molecular formula is C22H26N6O2. The summed E-state index contributed by atoms with van der Waals surface area (Å²) < 4.78 is 0. The third-order valence-corrected chi connectivity index (χ3v) is 4.45. The van der Waals surface area contributed by atoms with Gasteiger partial charge >= 0.3 is 0 Å². The second-order valence-electron chi connectivity index (χ2n) is 7.24. The van der Waals surface area contributed by atoms with Crippen molar-refractivity contribution in [2.75, 3.05) is 22.6 Å². The van der Waals surface area contributed by atoms with Crippen LogP contribution >= 0.6 is 0 Å². The van der Waals surface area contributed by atoms with Gasteiger partial charge < -0.3 is 21.1 Å². The lowest BCUT2D eigenvalue weighted by Gasteiger charge is -2.20. The molecule has 3 rings (SSSR count). The van der Waals surface area contributed by atoms with E-state index in [1.54, 1.807) is 6.20 Å². The summed E-state index contributed by atoms with van der Waals surface area (Å²) in [5, 5.41) is 18.9. The van der Waals surface area contributed by atoms with Gasteiger partial charge in [-0.2, -0.15) is 4.98 Å². The molecule has 0 spiro atoms. The van der Waals surface area contributed by atoms with E-state index in [2.05, 4.69) is 30.9 Å². The molecular weight excluding hydrogens is 380 g/mol. The molecule has 2 aromatic heterocycles. The van der Waals surface area contributed by atoms with Crippen molar-refractivity contribution in [3.8, 4) is 11.4 Å². The van der Waals surface area contributed by atoms with Crippen molar-refractivity contribution in [3.05, 3.63) is 54.7 Å². The zero-order valence-corrected chi connectivity index (χ0v) is 17.3. The minimum Gasteiger partial charge on any atom is -0.394 e. The maximum Gasteiger partial charge on any atom is 0.225 e. The molecule has 0 aliphatic rings. The predicted molar refractivity (Wildman–Crippen MR) is 119 cm³/mol.